The van der Waals surface area contributed by atoms with Gasteiger partial charge in [0.1, 0.15) is 0 Å². The number of aryl methyl sites for hydroxylation is 1. The summed E-state index contributed by atoms with van der Waals surface area (Å²) in [4.78, 5) is 0. The molecule has 0 spiro atoms. The molecule has 0 saturated carbocycles. The quantitative estimate of drug-likeness (QED) is 0.899. The van der Waals surface area contributed by atoms with Crippen molar-refractivity contribution in [2.24, 2.45) is 5.73 Å². The molecular weight excluding hydrogens is 335 g/mol. The van der Waals surface area contributed by atoms with Crippen LogP contribution in [0.4, 0.5) is 13.2 Å². The van der Waals surface area contributed by atoms with Gasteiger partial charge in [-0.1, -0.05) is 6.07 Å². The number of nitrogens with two attached hydrogens (primary N) is 1. The van der Waals surface area contributed by atoms with Crippen LogP contribution < -0.4 is 5.73 Å². The zero-order chi connectivity index (χ0) is 15.1. The van der Waals surface area contributed by atoms with E-state index in [1.807, 2.05) is 0 Å². The van der Waals surface area contributed by atoms with Gasteiger partial charge in [-0.25, -0.2) is 4.68 Å². The van der Waals surface area contributed by atoms with Crippen molar-refractivity contribution in [3.05, 3.63) is 45.2 Å². The van der Waals surface area contributed by atoms with Crippen LogP contribution in [-0.2, 0) is 12.7 Å². The second-order valence-electron chi connectivity index (χ2n) is 4.44. The first-order valence-electron chi connectivity index (χ1n) is 5.88. The highest BCUT2D eigenvalue weighted by molar-refractivity contribution is 9.10. The number of benzene rings is 1. The van der Waals surface area contributed by atoms with E-state index in [1.165, 1.54) is 10.7 Å². The fraction of sp³-hybridized carbons (Fsp3) is 0.308. The Bertz CT molecular complexity index is 647. The third-order valence-corrected chi connectivity index (χ3v) is 4.21. The molecule has 3 nitrogen and oxygen atoms in total. The van der Waals surface area contributed by atoms with Crippen molar-refractivity contribution in [1.82, 2.24) is 9.78 Å². The lowest BCUT2D eigenvalue weighted by Crippen LogP contribution is -2.13. The van der Waals surface area contributed by atoms with Crippen molar-refractivity contribution in [3.8, 4) is 5.69 Å². The van der Waals surface area contributed by atoms with E-state index >= 15 is 0 Å². The van der Waals surface area contributed by atoms with Crippen LogP contribution >= 0.6 is 15.9 Å². The second-order valence-corrected chi connectivity index (χ2v) is 5.23. The molecule has 7 heteroatoms. The maximum absolute atomic E-state index is 13.0. The van der Waals surface area contributed by atoms with Crippen LogP contribution in [0.2, 0.25) is 0 Å². The standard InChI is InChI=1S/C13H13BrF3N3/c1-7-12(14)8(2)20(19-7)10-4-3-9(6-18)11(5-10)13(15,16)17/h3-5H,6,18H2,1-2H3. The Morgan fingerprint density at radius 1 is 1.30 bits per heavy atom. The molecule has 2 aromatic rings. The highest BCUT2D eigenvalue weighted by Gasteiger charge is 2.33. The van der Waals surface area contributed by atoms with Gasteiger partial charge in [0.05, 0.1) is 27.1 Å². The van der Waals surface area contributed by atoms with Crippen molar-refractivity contribution < 1.29 is 13.2 Å². The van der Waals surface area contributed by atoms with Gasteiger partial charge in [0, 0.05) is 6.54 Å². The minimum atomic E-state index is -4.43. The molecule has 0 aliphatic carbocycles. The molecule has 1 aromatic heterocycles. The molecule has 0 amide bonds. The molecule has 0 atom stereocenters. The molecule has 0 radical (unpaired) electrons. The van der Waals surface area contributed by atoms with Crippen molar-refractivity contribution in [2.75, 3.05) is 0 Å². The summed E-state index contributed by atoms with van der Waals surface area (Å²) in [5, 5.41) is 4.23. The van der Waals surface area contributed by atoms with E-state index < -0.39 is 11.7 Å². The van der Waals surface area contributed by atoms with Gasteiger partial charge < -0.3 is 5.73 Å². The fourth-order valence-electron chi connectivity index (χ4n) is 2.01. The van der Waals surface area contributed by atoms with Gasteiger partial charge in [-0.3, -0.25) is 0 Å². The maximum Gasteiger partial charge on any atom is 0.416 e. The van der Waals surface area contributed by atoms with Crippen LogP contribution in [0, 0.1) is 13.8 Å². The van der Waals surface area contributed by atoms with Gasteiger partial charge in [0.25, 0.3) is 0 Å². The normalized spacial score (nSPS) is 11.9. The summed E-state index contributed by atoms with van der Waals surface area (Å²) < 4.78 is 41.3. The highest BCUT2D eigenvalue weighted by atomic mass is 79.9. The average molecular weight is 348 g/mol. The Labute approximate surface area is 122 Å². The van der Waals surface area contributed by atoms with Crippen molar-refractivity contribution in [2.45, 2.75) is 26.6 Å². The van der Waals surface area contributed by atoms with Crippen LogP contribution in [0.1, 0.15) is 22.5 Å². The van der Waals surface area contributed by atoms with E-state index in [4.69, 9.17) is 5.73 Å². The third kappa shape index (κ3) is 2.60. The van der Waals surface area contributed by atoms with E-state index in [-0.39, 0.29) is 12.1 Å². The topological polar surface area (TPSA) is 43.8 Å². The molecule has 20 heavy (non-hydrogen) atoms. The molecule has 108 valence electrons. The minimum absolute atomic E-state index is 0.0712. The molecule has 0 saturated heterocycles. The number of aromatic nitrogens is 2. The average Bonchev–Trinajstić information content (AvgIpc) is 2.65. The smallest absolute Gasteiger partial charge is 0.326 e. The Morgan fingerprint density at radius 3 is 2.40 bits per heavy atom. The predicted molar refractivity (Wildman–Crippen MR) is 73.6 cm³/mol. The Balaban J connectivity index is 2.62. The first-order valence-corrected chi connectivity index (χ1v) is 6.67. The minimum Gasteiger partial charge on any atom is -0.326 e. The first kappa shape index (κ1) is 15.1. The molecule has 2 N–H and O–H groups in total. The van der Waals surface area contributed by atoms with Crippen LogP contribution in [0.5, 0.6) is 0 Å². The lowest BCUT2D eigenvalue weighted by molar-refractivity contribution is -0.138. The molecule has 1 heterocycles. The van der Waals surface area contributed by atoms with Crippen LogP contribution in [0.25, 0.3) is 5.69 Å². The van der Waals surface area contributed by atoms with Gasteiger partial charge in [-0.05, 0) is 47.5 Å². The van der Waals surface area contributed by atoms with Crippen molar-refractivity contribution >= 4 is 15.9 Å². The van der Waals surface area contributed by atoms with Crippen LogP contribution in [0.15, 0.2) is 22.7 Å². The molecule has 0 unspecified atom stereocenters. The summed E-state index contributed by atoms with van der Waals surface area (Å²) in [7, 11) is 0. The summed E-state index contributed by atoms with van der Waals surface area (Å²) in [5.74, 6) is 0. The number of hydrogen-bond donors (Lipinski definition) is 1. The SMILES string of the molecule is Cc1nn(-c2ccc(CN)c(C(F)(F)F)c2)c(C)c1Br. The van der Waals surface area contributed by atoms with Gasteiger partial charge in [-0.15, -0.1) is 0 Å². The predicted octanol–water partition coefficient (Wildman–Crippen LogP) is 3.73. The molecular formula is C13H13BrF3N3. The maximum atomic E-state index is 13.0. The van der Waals surface area contributed by atoms with E-state index in [0.717, 1.165) is 21.9 Å². The zero-order valence-corrected chi connectivity index (χ0v) is 12.5. The van der Waals surface area contributed by atoms with E-state index in [2.05, 4.69) is 21.0 Å². The Hall–Kier alpha value is -1.34. The summed E-state index contributed by atoms with van der Waals surface area (Å²) in [5.41, 5.74) is 6.54. The molecule has 0 bridgehead atoms. The molecule has 0 fully saturated rings. The number of alkyl halides is 3. The lowest BCUT2D eigenvalue weighted by Gasteiger charge is -2.14. The van der Waals surface area contributed by atoms with E-state index in [9.17, 15) is 13.2 Å². The van der Waals surface area contributed by atoms with Crippen LogP contribution in [0.3, 0.4) is 0 Å². The van der Waals surface area contributed by atoms with Gasteiger partial charge in [0.2, 0.25) is 0 Å². The monoisotopic (exact) mass is 347 g/mol. The summed E-state index contributed by atoms with van der Waals surface area (Å²) in [6, 6.07) is 4.06. The zero-order valence-electron chi connectivity index (χ0n) is 10.9. The molecule has 1 aromatic carbocycles. The van der Waals surface area contributed by atoms with E-state index in [0.29, 0.717) is 5.69 Å². The Kier molecular flexibility index (Phi) is 3.93. The van der Waals surface area contributed by atoms with Gasteiger partial charge in [0.15, 0.2) is 0 Å². The van der Waals surface area contributed by atoms with Crippen LogP contribution in [-0.4, -0.2) is 9.78 Å². The molecule has 2 rings (SSSR count). The number of halogens is 4. The van der Waals surface area contributed by atoms with Gasteiger partial charge in [-0.2, -0.15) is 18.3 Å². The second kappa shape index (κ2) is 5.21. The number of nitrogens with zero attached hydrogens (tertiary/aromatic N) is 2. The van der Waals surface area contributed by atoms with Crippen molar-refractivity contribution in [3.63, 3.8) is 0 Å². The number of hydrogen-bond acceptors (Lipinski definition) is 2. The third-order valence-electron chi connectivity index (χ3n) is 3.07. The van der Waals surface area contributed by atoms with Gasteiger partial charge >= 0.3 is 6.18 Å². The molecule has 0 aliphatic heterocycles. The van der Waals surface area contributed by atoms with E-state index in [1.54, 1.807) is 19.9 Å². The first-order chi connectivity index (χ1) is 9.25. The fourth-order valence-corrected chi connectivity index (χ4v) is 2.26. The summed E-state index contributed by atoms with van der Waals surface area (Å²) >= 11 is 3.36. The lowest BCUT2D eigenvalue weighted by atomic mass is 10.1. The van der Waals surface area contributed by atoms with Crippen molar-refractivity contribution in [1.29, 1.82) is 0 Å². The largest absolute Gasteiger partial charge is 0.416 e. The number of rotatable bonds is 2. The molecule has 0 aliphatic rings. The Morgan fingerprint density at radius 2 is 1.95 bits per heavy atom. The highest BCUT2D eigenvalue weighted by Crippen LogP contribution is 2.34. The summed E-state index contributed by atoms with van der Waals surface area (Å²) in [6.45, 7) is 3.41. The summed E-state index contributed by atoms with van der Waals surface area (Å²) in [6.07, 6.45) is -4.43.